The summed E-state index contributed by atoms with van der Waals surface area (Å²) >= 11 is 5.82. The molecule has 2 aromatic rings. The zero-order chi connectivity index (χ0) is 10.8. The molecule has 0 saturated carbocycles. The van der Waals surface area contributed by atoms with Crippen molar-refractivity contribution >= 4 is 28.4 Å². The zero-order valence-corrected chi connectivity index (χ0v) is 8.66. The molecule has 0 aliphatic carbocycles. The predicted molar refractivity (Wildman–Crippen MR) is 59.7 cm³/mol. The molecule has 1 amide bonds. The highest BCUT2D eigenvalue weighted by atomic mass is 35.5. The molecule has 1 aromatic heterocycles. The van der Waals surface area contributed by atoms with Crippen LogP contribution in [0.2, 0.25) is 5.02 Å². The van der Waals surface area contributed by atoms with Crippen molar-refractivity contribution in [1.82, 2.24) is 4.98 Å². The molecule has 0 aliphatic rings. The minimum absolute atomic E-state index is 0.239. The summed E-state index contributed by atoms with van der Waals surface area (Å²) in [5, 5.41) is 1.50. The molecule has 2 N–H and O–H groups in total. The zero-order valence-electron chi connectivity index (χ0n) is 7.90. The lowest BCUT2D eigenvalue weighted by Gasteiger charge is -2.01. The Bertz CT molecular complexity index is 525. The smallest absolute Gasteiger partial charge is 0.221 e. The van der Waals surface area contributed by atoms with Crippen LogP contribution in [0.25, 0.3) is 10.9 Å². The maximum atomic E-state index is 10.8. The molecule has 4 heteroatoms. The number of pyridine rings is 1. The Morgan fingerprint density at radius 3 is 2.93 bits per heavy atom. The molecule has 0 saturated heterocycles. The molecule has 2 rings (SSSR count). The van der Waals surface area contributed by atoms with Crippen molar-refractivity contribution < 1.29 is 4.79 Å². The van der Waals surface area contributed by atoms with Crippen molar-refractivity contribution in [2.45, 2.75) is 6.42 Å². The van der Waals surface area contributed by atoms with Gasteiger partial charge in [0.25, 0.3) is 0 Å². The van der Waals surface area contributed by atoms with Crippen LogP contribution >= 0.6 is 11.6 Å². The number of benzene rings is 1. The van der Waals surface area contributed by atoms with Crippen molar-refractivity contribution in [1.29, 1.82) is 0 Å². The van der Waals surface area contributed by atoms with Gasteiger partial charge in [0.05, 0.1) is 17.0 Å². The Hall–Kier alpha value is -1.61. The van der Waals surface area contributed by atoms with E-state index in [1.165, 1.54) is 0 Å². The maximum absolute atomic E-state index is 10.8. The molecular weight excluding hydrogens is 212 g/mol. The number of carbonyl (C=O) groups excluding carboxylic acids is 1. The fourth-order valence-electron chi connectivity index (χ4n) is 1.47. The minimum Gasteiger partial charge on any atom is -0.369 e. The van der Waals surface area contributed by atoms with Crippen molar-refractivity contribution in [2.75, 3.05) is 0 Å². The van der Waals surface area contributed by atoms with E-state index in [1.807, 2.05) is 24.3 Å². The van der Waals surface area contributed by atoms with Crippen LogP contribution in [0.5, 0.6) is 0 Å². The molecule has 1 aromatic carbocycles. The quantitative estimate of drug-likeness (QED) is 0.841. The Morgan fingerprint density at radius 2 is 2.20 bits per heavy atom. The van der Waals surface area contributed by atoms with Gasteiger partial charge in [-0.2, -0.15) is 0 Å². The largest absolute Gasteiger partial charge is 0.369 e. The maximum Gasteiger partial charge on any atom is 0.221 e. The van der Waals surface area contributed by atoms with E-state index >= 15 is 0 Å². The third kappa shape index (κ3) is 2.25. The SMILES string of the molecule is NC(=O)Cc1ccc2ncc(Cl)cc2c1. The van der Waals surface area contributed by atoms with Gasteiger partial charge in [-0.05, 0) is 23.8 Å². The van der Waals surface area contributed by atoms with Gasteiger partial charge in [-0.3, -0.25) is 9.78 Å². The summed E-state index contributed by atoms with van der Waals surface area (Å²) in [5.74, 6) is -0.343. The van der Waals surface area contributed by atoms with Gasteiger partial charge >= 0.3 is 0 Å². The third-order valence-corrected chi connectivity index (χ3v) is 2.30. The number of aromatic nitrogens is 1. The lowest BCUT2D eigenvalue weighted by atomic mass is 10.1. The molecule has 0 spiro atoms. The fraction of sp³-hybridized carbons (Fsp3) is 0.0909. The normalized spacial score (nSPS) is 10.5. The molecule has 3 nitrogen and oxygen atoms in total. The van der Waals surface area contributed by atoms with Crippen LogP contribution in [0.4, 0.5) is 0 Å². The highest BCUT2D eigenvalue weighted by Gasteiger charge is 2.01. The van der Waals surface area contributed by atoms with E-state index in [4.69, 9.17) is 17.3 Å². The van der Waals surface area contributed by atoms with Crippen LogP contribution in [0.15, 0.2) is 30.5 Å². The number of hydrogen-bond donors (Lipinski definition) is 1. The minimum atomic E-state index is -0.343. The number of halogens is 1. The number of hydrogen-bond acceptors (Lipinski definition) is 2. The van der Waals surface area contributed by atoms with Crippen LogP contribution in [0.3, 0.4) is 0 Å². The summed E-state index contributed by atoms with van der Waals surface area (Å²) in [4.78, 5) is 14.9. The molecular formula is C11H9ClN2O. The topological polar surface area (TPSA) is 56.0 Å². The monoisotopic (exact) mass is 220 g/mol. The van der Waals surface area contributed by atoms with E-state index < -0.39 is 0 Å². The van der Waals surface area contributed by atoms with Gasteiger partial charge in [-0.25, -0.2) is 0 Å². The van der Waals surface area contributed by atoms with E-state index in [-0.39, 0.29) is 12.3 Å². The summed E-state index contributed by atoms with van der Waals surface area (Å²) in [5.41, 5.74) is 6.85. The second-order valence-electron chi connectivity index (χ2n) is 3.32. The first-order valence-electron chi connectivity index (χ1n) is 4.47. The number of nitrogens with two attached hydrogens (primary N) is 1. The fourth-order valence-corrected chi connectivity index (χ4v) is 1.63. The lowest BCUT2D eigenvalue weighted by Crippen LogP contribution is -2.13. The molecule has 0 radical (unpaired) electrons. The molecule has 0 bridgehead atoms. The molecule has 0 atom stereocenters. The molecule has 0 unspecified atom stereocenters. The number of rotatable bonds is 2. The van der Waals surface area contributed by atoms with Gasteiger partial charge in [0.2, 0.25) is 5.91 Å². The number of carbonyl (C=O) groups is 1. The van der Waals surface area contributed by atoms with Gasteiger partial charge in [-0.1, -0.05) is 17.7 Å². The average molecular weight is 221 g/mol. The average Bonchev–Trinajstić information content (AvgIpc) is 2.16. The lowest BCUT2D eigenvalue weighted by molar-refractivity contribution is -0.117. The van der Waals surface area contributed by atoms with Crippen molar-refractivity contribution in [3.05, 3.63) is 41.0 Å². The number of fused-ring (bicyclic) bond motifs is 1. The van der Waals surface area contributed by atoms with Gasteiger partial charge in [0.1, 0.15) is 0 Å². The van der Waals surface area contributed by atoms with E-state index in [1.54, 1.807) is 6.20 Å². The predicted octanol–water partition coefficient (Wildman–Crippen LogP) is 1.92. The standard InChI is InChI=1S/C11H9ClN2O/c12-9-5-8-3-7(4-11(13)15)1-2-10(8)14-6-9/h1-3,5-6H,4H2,(H2,13,15). The summed E-state index contributed by atoms with van der Waals surface area (Å²) < 4.78 is 0. The van der Waals surface area contributed by atoms with Crippen LogP contribution in [-0.2, 0) is 11.2 Å². The summed E-state index contributed by atoms with van der Waals surface area (Å²) in [7, 11) is 0. The summed E-state index contributed by atoms with van der Waals surface area (Å²) in [6, 6.07) is 7.38. The highest BCUT2D eigenvalue weighted by Crippen LogP contribution is 2.18. The van der Waals surface area contributed by atoms with Gasteiger partial charge in [0, 0.05) is 11.6 Å². The van der Waals surface area contributed by atoms with Crippen molar-refractivity contribution in [3.8, 4) is 0 Å². The Morgan fingerprint density at radius 1 is 1.40 bits per heavy atom. The molecule has 15 heavy (non-hydrogen) atoms. The van der Waals surface area contributed by atoms with Crippen LogP contribution < -0.4 is 5.73 Å². The molecule has 1 heterocycles. The number of primary amides is 1. The second-order valence-corrected chi connectivity index (χ2v) is 3.76. The van der Waals surface area contributed by atoms with E-state index in [0.29, 0.717) is 5.02 Å². The Balaban J connectivity index is 2.49. The number of nitrogens with zero attached hydrogens (tertiary/aromatic N) is 1. The van der Waals surface area contributed by atoms with E-state index in [2.05, 4.69) is 4.98 Å². The first kappa shape index (κ1) is 9.93. The van der Waals surface area contributed by atoms with E-state index in [9.17, 15) is 4.79 Å². The van der Waals surface area contributed by atoms with E-state index in [0.717, 1.165) is 16.5 Å². The van der Waals surface area contributed by atoms with Gasteiger partial charge in [-0.15, -0.1) is 0 Å². The van der Waals surface area contributed by atoms with Crippen LogP contribution in [0.1, 0.15) is 5.56 Å². The first-order valence-corrected chi connectivity index (χ1v) is 4.85. The Labute approximate surface area is 91.9 Å². The van der Waals surface area contributed by atoms with Crippen molar-refractivity contribution in [2.24, 2.45) is 5.73 Å². The number of amides is 1. The Kier molecular flexibility index (Phi) is 2.56. The molecule has 76 valence electrons. The third-order valence-electron chi connectivity index (χ3n) is 2.09. The summed E-state index contributed by atoms with van der Waals surface area (Å²) in [6.07, 6.45) is 1.83. The van der Waals surface area contributed by atoms with Gasteiger partial charge in [0.15, 0.2) is 0 Å². The second kappa shape index (κ2) is 3.87. The van der Waals surface area contributed by atoms with Gasteiger partial charge < -0.3 is 5.73 Å². The van der Waals surface area contributed by atoms with Crippen LogP contribution in [0, 0.1) is 0 Å². The first-order chi connectivity index (χ1) is 7.15. The summed E-state index contributed by atoms with van der Waals surface area (Å²) in [6.45, 7) is 0. The van der Waals surface area contributed by atoms with Crippen molar-refractivity contribution in [3.63, 3.8) is 0 Å². The highest BCUT2D eigenvalue weighted by molar-refractivity contribution is 6.31. The molecule has 0 fully saturated rings. The molecule has 0 aliphatic heterocycles. The van der Waals surface area contributed by atoms with Crippen LogP contribution in [-0.4, -0.2) is 10.9 Å².